The van der Waals surface area contributed by atoms with Gasteiger partial charge >= 0.3 is 0 Å². The Hall–Kier alpha value is 0.750. The molecule has 0 fully saturated rings. The van der Waals surface area contributed by atoms with E-state index < -0.39 is 0 Å². The van der Waals surface area contributed by atoms with Gasteiger partial charge < -0.3 is 0 Å². The molecule has 0 aliphatic heterocycles. The van der Waals surface area contributed by atoms with E-state index in [2.05, 4.69) is 31.9 Å². The van der Waals surface area contributed by atoms with Gasteiger partial charge in [-0.15, -0.1) is 11.3 Å². The molecule has 0 saturated carbocycles. The Labute approximate surface area is 135 Å². The van der Waals surface area contributed by atoms with E-state index >= 15 is 0 Å². The van der Waals surface area contributed by atoms with Crippen LogP contribution in [0.5, 0.6) is 0 Å². The second kappa shape index (κ2) is 5.81. The molecule has 2 aromatic rings. The van der Waals surface area contributed by atoms with Gasteiger partial charge in [0, 0.05) is 15.1 Å². The Balaban J connectivity index is 2.43. The molecule has 0 aliphatic rings. The summed E-state index contributed by atoms with van der Waals surface area (Å²) in [6.07, 6.45) is 0. The molecule has 1 unspecified atom stereocenters. The first kappa shape index (κ1) is 14.2. The summed E-state index contributed by atoms with van der Waals surface area (Å²) in [5.74, 6) is 0. The average Bonchev–Trinajstić information content (AvgIpc) is 2.57. The molecule has 2 rings (SSSR count). The van der Waals surface area contributed by atoms with Gasteiger partial charge in [-0.1, -0.05) is 72.7 Å². The molecule has 0 spiro atoms. The van der Waals surface area contributed by atoms with Crippen molar-refractivity contribution < 1.29 is 0 Å². The maximum Gasteiger partial charge on any atom is 0.0990 e. The molecule has 0 nitrogen and oxygen atoms in total. The monoisotopic (exact) mass is 432 g/mol. The molecule has 1 aromatic heterocycles. The maximum absolute atomic E-state index is 6.14. The SMILES string of the molecule is Clc1ccc(C(Br)c2cc(Cl)sc2Cl)c(Br)c1. The van der Waals surface area contributed by atoms with Crippen molar-refractivity contribution in [2.75, 3.05) is 0 Å². The lowest BCUT2D eigenvalue weighted by Gasteiger charge is -2.11. The second-order valence-electron chi connectivity index (χ2n) is 3.31. The van der Waals surface area contributed by atoms with E-state index in [0.29, 0.717) is 13.7 Å². The summed E-state index contributed by atoms with van der Waals surface area (Å²) < 4.78 is 2.31. The normalized spacial score (nSPS) is 12.8. The molecule has 1 heterocycles. The van der Waals surface area contributed by atoms with E-state index in [1.54, 1.807) is 0 Å². The summed E-state index contributed by atoms with van der Waals surface area (Å²) in [6.45, 7) is 0. The smallest absolute Gasteiger partial charge is 0.0990 e. The first-order valence-corrected chi connectivity index (χ1v) is 8.18. The molecular weight excluding hydrogens is 430 g/mol. The minimum absolute atomic E-state index is 0.00890. The third kappa shape index (κ3) is 3.20. The summed E-state index contributed by atoms with van der Waals surface area (Å²) in [6, 6.07) is 7.52. The van der Waals surface area contributed by atoms with Gasteiger partial charge in [0.15, 0.2) is 0 Å². The predicted octanol–water partition coefficient (Wildman–Crippen LogP) is 6.96. The number of halogens is 5. The van der Waals surface area contributed by atoms with Crippen LogP contribution < -0.4 is 0 Å². The van der Waals surface area contributed by atoms with E-state index in [4.69, 9.17) is 34.8 Å². The van der Waals surface area contributed by atoms with Crippen LogP contribution in [-0.4, -0.2) is 0 Å². The summed E-state index contributed by atoms with van der Waals surface area (Å²) >= 11 is 26.5. The van der Waals surface area contributed by atoms with Crippen molar-refractivity contribution >= 4 is 78.0 Å². The zero-order chi connectivity index (χ0) is 12.6. The Morgan fingerprint density at radius 2 is 1.76 bits per heavy atom. The van der Waals surface area contributed by atoms with Crippen LogP contribution in [-0.2, 0) is 0 Å². The molecule has 1 aromatic carbocycles. The highest BCUT2D eigenvalue weighted by atomic mass is 79.9. The van der Waals surface area contributed by atoms with Crippen LogP contribution in [0.4, 0.5) is 0 Å². The number of rotatable bonds is 2. The summed E-state index contributed by atoms with van der Waals surface area (Å²) in [5.41, 5.74) is 2.02. The van der Waals surface area contributed by atoms with Crippen molar-refractivity contribution in [2.45, 2.75) is 4.83 Å². The minimum atomic E-state index is -0.00890. The quantitative estimate of drug-likeness (QED) is 0.448. The Morgan fingerprint density at radius 1 is 1.06 bits per heavy atom. The van der Waals surface area contributed by atoms with Crippen molar-refractivity contribution in [2.24, 2.45) is 0 Å². The van der Waals surface area contributed by atoms with Crippen LogP contribution in [0.1, 0.15) is 16.0 Å². The Bertz CT molecular complexity index is 554. The molecule has 0 amide bonds. The molecule has 0 radical (unpaired) electrons. The van der Waals surface area contributed by atoms with Gasteiger partial charge in [-0.2, -0.15) is 0 Å². The third-order valence-corrected chi connectivity index (χ3v) is 5.62. The topological polar surface area (TPSA) is 0 Å². The summed E-state index contributed by atoms with van der Waals surface area (Å²) in [7, 11) is 0. The number of alkyl halides is 1. The first-order chi connectivity index (χ1) is 7.99. The molecule has 0 saturated heterocycles. The second-order valence-corrected chi connectivity index (χ2v) is 7.80. The van der Waals surface area contributed by atoms with Crippen molar-refractivity contribution in [1.29, 1.82) is 0 Å². The molecule has 0 bridgehead atoms. The van der Waals surface area contributed by atoms with Crippen molar-refractivity contribution in [3.8, 4) is 0 Å². The van der Waals surface area contributed by atoms with Crippen LogP contribution in [0, 0.1) is 0 Å². The summed E-state index contributed by atoms with van der Waals surface area (Å²) in [5, 5.41) is 0.690. The lowest BCUT2D eigenvalue weighted by molar-refractivity contribution is 1.18. The van der Waals surface area contributed by atoms with Crippen molar-refractivity contribution in [1.82, 2.24) is 0 Å². The van der Waals surface area contributed by atoms with Crippen LogP contribution in [0.2, 0.25) is 13.7 Å². The highest BCUT2D eigenvalue weighted by Gasteiger charge is 2.18. The molecule has 90 valence electrons. The molecule has 1 atom stereocenters. The zero-order valence-electron chi connectivity index (χ0n) is 8.18. The molecule has 0 N–H and O–H groups in total. The lowest BCUT2D eigenvalue weighted by atomic mass is 10.1. The molecule has 17 heavy (non-hydrogen) atoms. The Kier molecular flexibility index (Phi) is 4.84. The van der Waals surface area contributed by atoms with Gasteiger partial charge in [0.25, 0.3) is 0 Å². The highest BCUT2D eigenvalue weighted by Crippen LogP contribution is 2.43. The molecule has 6 heteroatoms. The summed E-state index contributed by atoms with van der Waals surface area (Å²) in [4.78, 5) is -0.00890. The van der Waals surface area contributed by atoms with Crippen LogP contribution >= 0.6 is 78.0 Å². The number of hydrogen-bond donors (Lipinski definition) is 0. The van der Waals surface area contributed by atoms with E-state index in [0.717, 1.165) is 15.6 Å². The van der Waals surface area contributed by atoms with Crippen LogP contribution in [0.3, 0.4) is 0 Å². The fourth-order valence-electron chi connectivity index (χ4n) is 1.40. The fraction of sp³-hybridized carbons (Fsp3) is 0.0909. The molecule has 0 aliphatic carbocycles. The third-order valence-electron chi connectivity index (χ3n) is 2.19. The van der Waals surface area contributed by atoms with Crippen LogP contribution in [0.15, 0.2) is 28.7 Å². The van der Waals surface area contributed by atoms with E-state index in [1.165, 1.54) is 11.3 Å². The van der Waals surface area contributed by atoms with E-state index in [1.807, 2.05) is 24.3 Å². The fourth-order valence-corrected chi connectivity index (χ4v) is 5.20. The van der Waals surface area contributed by atoms with Gasteiger partial charge in [0.05, 0.1) is 13.5 Å². The average molecular weight is 435 g/mol. The Morgan fingerprint density at radius 3 is 2.29 bits per heavy atom. The van der Waals surface area contributed by atoms with E-state index in [-0.39, 0.29) is 4.83 Å². The minimum Gasteiger partial charge on any atom is -0.111 e. The highest BCUT2D eigenvalue weighted by molar-refractivity contribution is 9.11. The van der Waals surface area contributed by atoms with Gasteiger partial charge in [-0.3, -0.25) is 0 Å². The number of thiophene rings is 1. The standard InChI is InChI=1S/C11H5Br2Cl3S/c12-8-3-5(14)1-2-6(8)10(13)7-4-9(15)17-11(7)16/h1-4,10H. The predicted molar refractivity (Wildman–Crippen MR) is 84.3 cm³/mol. The van der Waals surface area contributed by atoms with Crippen molar-refractivity contribution in [3.63, 3.8) is 0 Å². The lowest BCUT2D eigenvalue weighted by Crippen LogP contribution is -1.92. The molecular formula is C11H5Br2Cl3S. The van der Waals surface area contributed by atoms with Gasteiger partial charge in [-0.05, 0) is 23.8 Å². The van der Waals surface area contributed by atoms with E-state index in [9.17, 15) is 0 Å². The van der Waals surface area contributed by atoms with Gasteiger partial charge in [-0.25, -0.2) is 0 Å². The number of benzene rings is 1. The van der Waals surface area contributed by atoms with Crippen LogP contribution in [0.25, 0.3) is 0 Å². The number of hydrogen-bond acceptors (Lipinski definition) is 1. The maximum atomic E-state index is 6.14. The largest absolute Gasteiger partial charge is 0.111 e. The first-order valence-electron chi connectivity index (χ1n) is 4.53. The van der Waals surface area contributed by atoms with Gasteiger partial charge in [0.1, 0.15) is 0 Å². The van der Waals surface area contributed by atoms with Crippen molar-refractivity contribution in [3.05, 3.63) is 53.6 Å². The van der Waals surface area contributed by atoms with Gasteiger partial charge in [0.2, 0.25) is 0 Å². The zero-order valence-corrected chi connectivity index (χ0v) is 14.4.